The zero-order chi connectivity index (χ0) is 25.6. The minimum absolute atomic E-state index is 0.0831. The zero-order valence-corrected chi connectivity index (χ0v) is 21.2. The smallest absolute Gasteiger partial charge is 0.240 e. The Morgan fingerprint density at radius 3 is 2.59 bits per heavy atom. The van der Waals surface area contributed by atoms with Gasteiger partial charge in [-0.15, -0.1) is 0 Å². The summed E-state index contributed by atoms with van der Waals surface area (Å²) in [6.07, 6.45) is 5.87. The summed E-state index contributed by atoms with van der Waals surface area (Å²) in [7, 11) is -2.73. The molecule has 1 aliphatic rings. The van der Waals surface area contributed by atoms with E-state index in [1.54, 1.807) is 18.3 Å². The van der Waals surface area contributed by atoms with Gasteiger partial charge in [-0.05, 0) is 47.9 Å². The van der Waals surface area contributed by atoms with Crippen LogP contribution in [0.1, 0.15) is 11.3 Å². The molecule has 5 aromatic rings. The van der Waals surface area contributed by atoms with Crippen LogP contribution in [0.25, 0.3) is 33.4 Å². The Hall–Kier alpha value is -4.24. The van der Waals surface area contributed by atoms with Crippen molar-refractivity contribution >= 4 is 26.5 Å². The van der Waals surface area contributed by atoms with Crippen molar-refractivity contribution in [2.45, 2.75) is 31.0 Å². The Morgan fingerprint density at radius 2 is 1.84 bits per heavy atom. The zero-order valence-electron chi connectivity index (χ0n) is 20.3. The number of carbonyl (C=O) groups is 1. The van der Waals surface area contributed by atoms with Gasteiger partial charge in [-0.2, -0.15) is 5.10 Å². The Bertz CT molecular complexity index is 1730. The molecule has 3 aromatic heterocycles. The molecular weight excluding hydrogens is 484 g/mol. The molecule has 0 fully saturated rings. The molecule has 4 heterocycles. The van der Waals surface area contributed by atoms with Gasteiger partial charge in [0.15, 0.2) is 0 Å². The fourth-order valence-corrected chi connectivity index (χ4v) is 5.67. The predicted molar refractivity (Wildman–Crippen MR) is 143 cm³/mol. The lowest BCUT2D eigenvalue weighted by Gasteiger charge is -2.18. The first-order valence-corrected chi connectivity index (χ1v) is 14.0. The Morgan fingerprint density at radius 1 is 1.05 bits per heavy atom. The highest BCUT2D eigenvalue weighted by Gasteiger charge is 2.25. The predicted octanol–water partition coefficient (Wildman–Crippen LogP) is 4.47. The lowest BCUT2D eigenvalue weighted by Crippen LogP contribution is -2.28. The lowest BCUT2D eigenvalue weighted by atomic mass is 10.0. The molecule has 9 heteroatoms. The molecule has 186 valence electrons. The summed E-state index contributed by atoms with van der Waals surface area (Å²) >= 11 is 0. The van der Waals surface area contributed by atoms with Crippen LogP contribution in [0.5, 0.6) is 0 Å². The summed E-state index contributed by atoms with van der Waals surface area (Å²) in [6.45, 7) is 1.38. The van der Waals surface area contributed by atoms with E-state index in [1.807, 2.05) is 53.3 Å². The number of amides is 1. The first kappa shape index (κ1) is 23.2. The van der Waals surface area contributed by atoms with Gasteiger partial charge in [-0.1, -0.05) is 36.4 Å². The quantitative estimate of drug-likeness (QED) is 0.351. The molecule has 37 heavy (non-hydrogen) atoms. The van der Waals surface area contributed by atoms with Gasteiger partial charge in [-0.25, -0.2) is 8.99 Å². The molecule has 0 saturated carbocycles. The molecular formula is C28H26N6O2S. The number of nitrogens with one attached hydrogen (secondary N) is 2. The SMILES string of the molecule is CS(=N)(=O)c1ccc(-c2ccc(CNC(=O)Cn3c4c(c5ccccc53)CCn3nccc3-4)nc2)cc1. The molecule has 0 spiro atoms. The largest absolute Gasteiger partial charge is 0.349 e. The molecule has 1 unspecified atom stereocenters. The number of rotatable bonds is 6. The maximum Gasteiger partial charge on any atom is 0.240 e. The average molecular weight is 511 g/mol. The molecule has 0 aliphatic carbocycles. The molecule has 0 saturated heterocycles. The van der Waals surface area contributed by atoms with Crippen molar-refractivity contribution in [3.05, 3.63) is 90.4 Å². The van der Waals surface area contributed by atoms with E-state index in [0.717, 1.165) is 46.7 Å². The van der Waals surface area contributed by atoms with E-state index in [0.29, 0.717) is 11.4 Å². The summed E-state index contributed by atoms with van der Waals surface area (Å²) in [5.41, 5.74) is 7.03. The van der Waals surface area contributed by atoms with Crippen LogP contribution in [0.2, 0.25) is 0 Å². The monoisotopic (exact) mass is 510 g/mol. The fraction of sp³-hybridized carbons (Fsp3) is 0.179. The molecule has 1 aliphatic heterocycles. The van der Waals surface area contributed by atoms with E-state index < -0.39 is 9.73 Å². The van der Waals surface area contributed by atoms with Crippen LogP contribution in [0.15, 0.2) is 84.0 Å². The van der Waals surface area contributed by atoms with Crippen LogP contribution in [0.3, 0.4) is 0 Å². The van der Waals surface area contributed by atoms with Gasteiger partial charge in [0.1, 0.15) is 6.54 Å². The van der Waals surface area contributed by atoms with Gasteiger partial charge >= 0.3 is 0 Å². The van der Waals surface area contributed by atoms with Crippen LogP contribution < -0.4 is 5.32 Å². The van der Waals surface area contributed by atoms with Crippen LogP contribution in [-0.2, 0) is 40.6 Å². The summed E-state index contributed by atoms with van der Waals surface area (Å²) < 4.78 is 23.7. The highest BCUT2D eigenvalue weighted by atomic mass is 32.2. The minimum Gasteiger partial charge on any atom is -0.349 e. The van der Waals surface area contributed by atoms with E-state index in [9.17, 15) is 9.00 Å². The van der Waals surface area contributed by atoms with Crippen molar-refractivity contribution in [2.75, 3.05) is 6.26 Å². The maximum atomic E-state index is 13.0. The Labute approximate surface area is 214 Å². The van der Waals surface area contributed by atoms with E-state index in [1.165, 1.54) is 17.2 Å². The number of fused-ring (bicyclic) bond motifs is 5. The number of carbonyl (C=O) groups excluding carboxylic acids is 1. The standard InChI is InChI=1S/C28H26N6O2S/c1-37(29,36)22-10-7-19(8-11-22)20-6-9-21(30-16-20)17-31-27(35)18-33-25-5-3-2-4-23(25)24-13-15-34-26(28(24)33)12-14-32-34/h2-12,14,16,29H,13,15,17-18H2,1H3,(H,31,35). The van der Waals surface area contributed by atoms with Crippen molar-refractivity contribution in [1.29, 1.82) is 4.78 Å². The highest BCUT2D eigenvalue weighted by molar-refractivity contribution is 7.91. The molecule has 1 amide bonds. The molecule has 6 rings (SSSR count). The van der Waals surface area contributed by atoms with Gasteiger partial charge in [0, 0.05) is 46.6 Å². The number of hydrogen-bond donors (Lipinski definition) is 2. The van der Waals surface area contributed by atoms with E-state index >= 15 is 0 Å². The molecule has 0 radical (unpaired) electrons. The number of pyridine rings is 1. The topological polar surface area (TPSA) is 106 Å². The van der Waals surface area contributed by atoms with Crippen molar-refractivity contribution in [3.63, 3.8) is 0 Å². The molecule has 8 nitrogen and oxygen atoms in total. The second kappa shape index (κ2) is 9.01. The third-order valence-electron chi connectivity index (χ3n) is 6.84. The van der Waals surface area contributed by atoms with Gasteiger partial charge in [0.05, 0.1) is 33.4 Å². The van der Waals surface area contributed by atoms with Crippen LogP contribution in [0, 0.1) is 4.78 Å². The summed E-state index contributed by atoms with van der Waals surface area (Å²) in [4.78, 5) is 18.1. The Balaban J connectivity index is 1.18. The maximum absolute atomic E-state index is 13.0. The average Bonchev–Trinajstić information content (AvgIpc) is 3.50. The number of nitrogens with zero attached hydrogens (tertiary/aromatic N) is 4. The summed E-state index contributed by atoms with van der Waals surface area (Å²) in [6, 6.07) is 21.2. The summed E-state index contributed by atoms with van der Waals surface area (Å²) in [5.74, 6) is -0.0831. The number of para-hydroxylation sites is 1. The number of hydrogen-bond acceptors (Lipinski definition) is 5. The number of aromatic nitrogens is 4. The third-order valence-corrected chi connectivity index (χ3v) is 8.01. The molecule has 2 N–H and O–H groups in total. The van der Waals surface area contributed by atoms with Crippen molar-refractivity contribution < 1.29 is 9.00 Å². The Kier molecular flexibility index (Phi) is 5.64. The highest BCUT2D eigenvalue weighted by Crippen LogP contribution is 2.37. The second-order valence-electron chi connectivity index (χ2n) is 9.30. The first-order valence-electron chi connectivity index (χ1n) is 12.1. The van der Waals surface area contributed by atoms with E-state index in [4.69, 9.17) is 4.78 Å². The van der Waals surface area contributed by atoms with Gasteiger partial charge in [-0.3, -0.25) is 14.5 Å². The summed E-state index contributed by atoms with van der Waals surface area (Å²) in [5, 5.41) is 8.64. The van der Waals surface area contributed by atoms with E-state index in [-0.39, 0.29) is 12.5 Å². The normalized spacial score (nSPS) is 14.1. The van der Waals surface area contributed by atoms with Crippen LogP contribution in [-0.4, -0.2) is 35.7 Å². The third kappa shape index (κ3) is 4.31. The van der Waals surface area contributed by atoms with Gasteiger partial charge < -0.3 is 9.88 Å². The van der Waals surface area contributed by atoms with Crippen molar-refractivity contribution in [3.8, 4) is 22.5 Å². The molecule has 0 bridgehead atoms. The second-order valence-corrected chi connectivity index (χ2v) is 11.5. The molecule has 2 aromatic carbocycles. The molecule has 1 atom stereocenters. The number of benzene rings is 2. The minimum atomic E-state index is -2.73. The number of aryl methyl sites for hydroxylation is 2. The van der Waals surface area contributed by atoms with Crippen molar-refractivity contribution in [1.82, 2.24) is 24.6 Å². The van der Waals surface area contributed by atoms with Crippen LogP contribution >= 0.6 is 0 Å². The van der Waals surface area contributed by atoms with E-state index in [2.05, 4.69) is 32.1 Å². The van der Waals surface area contributed by atoms with Crippen molar-refractivity contribution in [2.24, 2.45) is 0 Å². The van der Waals surface area contributed by atoms with Crippen LogP contribution in [0.4, 0.5) is 0 Å². The van der Waals surface area contributed by atoms with Gasteiger partial charge in [0.25, 0.3) is 0 Å². The van der Waals surface area contributed by atoms with Gasteiger partial charge in [0.2, 0.25) is 5.91 Å². The fourth-order valence-electron chi connectivity index (χ4n) is 5.01. The first-order chi connectivity index (χ1) is 17.9. The lowest BCUT2D eigenvalue weighted by molar-refractivity contribution is -0.121.